The normalized spacial score (nSPS) is 20.7. The van der Waals surface area contributed by atoms with E-state index in [0.29, 0.717) is 24.3 Å². The molecular formula is C30H38N2O5. The van der Waals surface area contributed by atoms with Gasteiger partial charge in [0.1, 0.15) is 5.75 Å². The quantitative estimate of drug-likeness (QED) is 0.398. The summed E-state index contributed by atoms with van der Waals surface area (Å²) >= 11 is 0. The number of carbonyl (C=O) groups excluding carboxylic acids is 1. The van der Waals surface area contributed by atoms with Gasteiger partial charge in [-0.2, -0.15) is 0 Å². The van der Waals surface area contributed by atoms with Crippen molar-refractivity contribution in [2.75, 3.05) is 31.7 Å². The molecule has 1 aromatic carbocycles. The number of carbonyl (C=O) groups is 2. The van der Waals surface area contributed by atoms with Crippen LogP contribution in [0.5, 0.6) is 11.6 Å². The first-order valence-electron chi connectivity index (χ1n) is 13.6. The average molecular weight is 507 g/mol. The summed E-state index contributed by atoms with van der Waals surface area (Å²) in [6.45, 7) is 6.14. The topological polar surface area (TPSA) is 89.0 Å². The second-order valence-electron chi connectivity index (χ2n) is 11.4. The van der Waals surface area contributed by atoms with Gasteiger partial charge in [0, 0.05) is 42.4 Å². The number of methoxy groups -OCH3 is 1. The van der Waals surface area contributed by atoms with Crippen LogP contribution in [0, 0.1) is 23.2 Å². The predicted molar refractivity (Wildman–Crippen MR) is 142 cm³/mol. The molecule has 7 heteroatoms. The van der Waals surface area contributed by atoms with Gasteiger partial charge < -0.3 is 19.5 Å². The molecule has 5 rings (SSSR count). The molecule has 7 nitrogen and oxygen atoms in total. The van der Waals surface area contributed by atoms with Gasteiger partial charge in [-0.3, -0.25) is 9.59 Å². The lowest BCUT2D eigenvalue weighted by Gasteiger charge is -2.35. The number of Topliss-reactive ketones (excluding diaryl/α,β-unsaturated/α-hetero) is 1. The van der Waals surface area contributed by atoms with Crippen LogP contribution >= 0.6 is 0 Å². The van der Waals surface area contributed by atoms with Crippen LogP contribution in [0.2, 0.25) is 0 Å². The van der Waals surface area contributed by atoms with Crippen molar-refractivity contribution in [1.82, 2.24) is 4.98 Å². The fraction of sp³-hybridized carbons (Fsp3) is 0.567. The van der Waals surface area contributed by atoms with Crippen molar-refractivity contribution in [3.8, 4) is 11.6 Å². The standard InChI is InChI=1S/C30H38N2O5/c1-19(29(34)35)27(21-4-5-21)22-8-13-31-26(16-22)37-18-20-9-14-32(15-10-20)25-17-23(36-3)6-7-24(25)28(33)30(2)11-12-30/h6-8,13,16-17,19-21,27H,4-5,9-12,14-15,18H2,1-3H3,(H,34,35)/t19-,27-/m0/s1. The maximum absolute atomic E-state index is 13.2. The summed E-state index contributed by atoms with van der Waals surface area (Å²) in [6.07, 6.45) is 7.74. The van der Waals surface area contributed by atoms with E-state index in [4.69, 9.17) is 9.47 Å². The Balaban J connectivity index is 1.21. The van der Waals surface area contributed by atoms with E-state index in [1.54, 1.807) is 20.2 Å². The van der Waals surface area contributed by atoms with Crippen LogP contribution in [0.15, 0.2) is 36.5 Å². The zero-order valence-electron chi connectivity index (χ0n) is 22.1. The molecule has 198 valence electrons. The number of hydrogen-bond acceptors (Lipinski definition) is 6. The lowest BCUT2D eigenvalue weighted by Crippen LogP contribution is -2.36. The molecule has 2 saturated carbocycles. The van der Waals surface area contributed by atoms with Crippen LogP contribution in [0.4, 0.5) is 5.69 Å². The van der Waals surface area contributed by atoms with E-state index in [2.05, 4.69) is 16.8 Å². The van der Waals surface area contributed by atoms with Gasteiger partial charge in [-0.05, 0) is 80.0 Å². The summed E-state index contributed by atoms with van der Waals surface area (Å²) in [5.74, 6) is 1.23. The predicted octanol–water partition coefficient (Wildman–Crippen LogP) is 5.58. The van der Waals surface area contributed by atoms with E-state index in [0.717, 1.165) is 74.2 Å². The summed E-state index contributed by atoms with van der Waals surface area (Å²) in [5, 5.41) is 9.58. The minimum atomic E-state index is -0.755. The molecule has 2 aliphatic carbocycles. The van der Waals surface area contributed by atoms with Crippen LogP contribution < -0.4 is 14.4 Å². The molecule has 0 spiro atoms. The fourth-order valence-corrected chi connectivity index (χ4v) is 5.66. The van der Waals surface area contributed by atoms with Crippen LogP contribution in [-0.2, 0) is 4.79 Å². The highest BCUT2D eigenvalue weighted by Gasteiger charge is 2.46. The second-order valence-corrected chi connectivity index (χ2v) is 11.4. The molecular weight excluding hydrogens is 468 g/mol. The highest BCUT2D eigenvalue weighted by molar-refractivity contribution is 6.06. The zero-order chi connectivity index (χ0) is 26.2. The highest BCUT2D eigenvalue weighted by Crippen LogP contribution is 2.49. The zero-order valence-corrected chi connectivity index (χ0v) is 22.1. The number of carboxylic acid groups (broad SMARTS) is 1. The largest absolute Gasteiger partial charge is 0.497 e. The summed E-state index contributed by atoms with van der Waals surface area (Å²) < 4.78 is 11.6. The number of aliphatic carboxylic acids is 1. The first-order chi connectivity index (χ1) is 17.8. The lowest BCUT2D eigenvalue weighted by atomic mass is 9.84. The minimum Gasteiger partial charge on any atom is -0.497 e. The fourth-order valence-electron chi connectivity index (χ4n) is 5.66. The van der Waals surface area contributed by atoms with E-state index in [1.807, 2.05) is 30.3 Å². The molecule has 1 aromatic heterocycles. The number of piperidine rings is 1. The first kappa shape index (κ1) is 25.6. The van der Waals surface area contributed by atoms with Crippen LogP contribution in [0.25, 0.3) is 0 Å². The van der Waals surface area contributed by atoms with Gasteiger partial charge in [0.15, 0.2) is 5.78 Å². The third kappa shape index (κ3) is 5.60. The monoisotopic (exact) mass is 506 g/mol. The van der Waals surface area contributed by atoms with Crippen LogP contribution in [-0.4, -0.2) is 48.6 Å². The molecule has 1 aliphatic heterocycles. The molecule has 37 heavy (non-hydrogen) atoms. The number of carboxylic acids is 1. The molecule has 2 aromatic rings. The van der Waals surface area contributed by atoms with E-state index >= 15 is 0 Å². The number of nitrogens with zero attached hydrogens (tertiary/aromatic N) is 2. The van der Waals surface area contributed by atoms with Crippen molar-refractivity contribution >= 4 is 17.4 Å². The maximum Gasteiger partial charge on any atom is 0.306 e. The molecule has 1 N–H and O–H groups in total. The molecule has 0 bridgehead atoms. The van der Waals surface area contributed by atoms with Crippen LogP contribution in [0.1, 0.15) is 74.2 Å². The van der Waals surface area contributed by atoms with E-state index in [1.165, 1.54) is 0 Å². The lowest BCUT2D eigenvalue weighted by molar-refractivity contribution is -0.142. The summed E-state index contributed by atoms with van der Waals surface area (Å²) in [7, 11) is 1.66. The SMILES string of the molecule is COc1ccc(C(=O)C2(C)CC2)c(N2CCC(COc3cc([C@H](C4CC4)[C@H](C)C(=O)O)ccn3)CC2)c1. The van der Waals surface area contributed by atoms with Gasteiger partial charge in [-0.25, -0.2) is 4.98 Å². The summed E-state index contributed by atoms with van der Waals surface area (Å²) in [5.41, 5.74) is 2.58. The smallest absolute Gasteiger partial charge is 0.306 e. The summed E-state index contributed by atoms with van der Waals surface area (Å²) in [6, 6.07) is 9.68. The van der Waals surface area contributed by atoms with Crippen molar-refractivity contribution in [3.63, 3.8) is 0 Å². The number of ketones is 1. The molecule has 0 unspecified atom stereocenters. The van der Waals surface area contributed by atoms with Gasteiger partial charge in [-0.1, -0.05) is 13.8 Å². The number of anilines is 1. The van der Waals surface area contributed by atoms with Gasteiger partial charge in [0.2, 0.25) is 5.88 Å². The van der Waals surface area contributed by atoms with Crippen molar-refractivity contribution in [3.05, 3.63) is 47.7 Å². The number of pyridine rings is 1. The molecule has 2 atom stereocenters. The molecule has 2 heterocycles. The molecule has 3 fully saturated rings. The number of ether oxygens (including phenoxy) is 2. The van der Waals surface area contributed by atoms with Gasteiger partial charge >= 0.3 is 5.97 Å². The Bertz CT molecular complexity index is 1150. The number of rotatable bonds is 11. The molecule has 0 amide bonds. The van der Waals surface area contributed by atoms with Crippen molar-refractivity contribution in [1.29, 1.82) is 0 Å². The van der Waals surface area contributed by atoms with Crippen LogP contribution in [0.3, 0.4) is 0 Å². The Hall–Kier alpha value is -3.09. The van der Waals surface area contributed by atoms with Crippen molar-refractivity contribution in [2.45, 2.75) is 58.3 Å². The number of benzene rings is 1. The van der Waals surface area contributed by atoms with Crippen molar-refractivity contribution < 1.29 is 24.2 Å². The summed E-state index contributed by atoms with van der Waals surface area (Å²) in [4.78, 5) is 31.6. The van der Waals surface area contributed by atoms with Gasteiger partial charge in [-0.15, -0.1) is 0 Å². The Morgan fingerprint density at radius 3 is 2.49 bits per heavy atom. The first-order valence-corrected chi connectivity index (χ1v) is 13.6. The third-order valence-corrected chi connectivity index (χ3v) is 8.62. The third-order valence-electron chi connectivity index (χ3n) is 8.62. The average Bonchev–Trinajstić information content (AvgIpc) is 3.85. The van der Waals surface area contributed by atoms with Gasteiger partial charge in [0.25, 0.3) is 0 Å². The Labute approximate surface area is 219 Å². The number of hydrogen-bond donors (Lipinski definition) is 1. The van der Waals surface area contributed by atoms with Gasteiger partial charge in [0.05, 0.1) is 25.3 Å². The van der Waals surface area contributed by atoms with E-state index < -0.39 is 11.9 Å². The highest BCUT2D eigenvalue weighted by atomic mass is 16.5. The van der Waals surface area contributed by atoms with E-state index in [9.17, 15) is 14.7 Å². The Kier molecular flexibility index (Phi) is 7.15. The second kappa shape index (κ2) is 10.3. The van der Waals surface area contributed by atoms with E-state index in [-0.39, 0.29) is 17.1 Å². The van der Waals surface area contributed by atoms with Crippen molar-refractivity contribution in [2.24, 2.45) is 23.2 Å². The maximum atomic E-state index is 13.2. The number of aromatic nitrogens is 1. The molecule has 0 radical (unpaired) electrons. The molecule has 1 saturated heterocycles. The molecule has 3 aliphatic rings. The minimum absolute atomic E-state index is 0.00348. The Morgan fingerprint density at radius 1 is 1.14 bits per heavy atom. The Morgan fingerprint density at radius 2 is 1.86 bits per heavy atom.